The number of rotatable bonds is 0. The van der Waals surface area contributed by atoms with E-state index in [1.807, 2.05) is 0 Å². The summed E-state index contributed by atoms with van der Waals surface area (Å²) in [7, 11) is 0. The summed E-state index contributed by atoms with van der Waals surface area (Å²) in [5.74, 6) is 0. The van der Waals surface area contributed by atoms with Crippen LogP contribution < -0.4 is 0 Å². The fourth-order valence-electron chi connectivity index (χ4n) is 0. The van der Waals surface area contributed by atoms with E-state index in [0.29, 0.717) is 0 Å². The van der Waals surface area contributed by atoms with Crippen molar-refractivity contribution < 1.29 is 0 Å². The molecule has 4 heteroatoms. The molecule has 0 saturated heterocycles. The van der Waals surface area contributed by atoms with Crippen molar-refractivity contribution in [3.8, 4) is 0 Å². The Morgan fingerprint density at radius 2 is 0.600 bits per heavy atom. The summed E-state index contributed by atoms with van der Waals surface area (Å²) in [6.07, 6.45) is 0. The maximum absolute atomic E-state index is 0. The Labute approximate surface area is 54.6 Å². The first kappa shape index (κ1) is 83.3. The molecule has 0 aromatic rings. The average molecular weight is 152 g/mol. The lowest BCUT2D eigenvalue weighted by Gasteiger charge is -0.198. The van der Waals surface area contributed by atoms with E-state index in [4.69, 9.17) is 0 Å². The summed E-state index contributed by atoms with van der Waals surface area (Å²) in [5, 5.41) is 0. The molecule has 0 aromatic carbocycles. The standard InChI is InChI=1S/CH4.2H3P.2H2S/h1H4;2*1H3;2*1H2. The summed E-state index contributed by atoms with van der Waals surface area (Å²) < 4.78 is 0. The third kappa shape index (κ3) is 29.0. The van der Waals surface area contributed by atoms with E-state index in [-0.39, 0.29) is 54.2 Å². The van der Waals surface area contributed by atoms with Gasteiger partial charge in [-0.05, 0) is 0 Å². The van der Waals surface area contributed by atoms with Gasteiger partial charge in [-0.15, -0.1) is 0 Å². The van der Waals surface area contributed by atoms with Crippen molar-refractivity contribution in [1.29, 1.82) is 0 Å². The van der Waals surface area contributed by atoms with Gasteiger partial charge in [0.05, 0.1) is 0 Å². The average Bonchev–Trinajstić information content (AvgIpc) is 0. The lowest BCUT2D eigenvalue weighted by Crippen LogP contribution is 0.144. The molecule has 2 atom stereocenters. The number of hydrogen-bond donors (Lipinski definition) is 0. The van der Waals surface area contributed by atoms with Gasteiger partial charge in [-0.25, -0.2) is 0 Å². The highest BCUT2D eigenvalue weighted by molar-refractivity contribution is 7.59. The fraction of sp³-hybridized carbons (Fsp3) is 1.00. The first-order chi connectivity index (χ1) is 0. The van der Waals surface area contributed by atoms with Gasteiger partial charge in [0.2, 0.25) is 0 Å². The molecule has 40 valence electrons. The maximum Gasteiger partial charge on any atom is -0.0776 e. The van der Waals surface area contributed by atoms with E-state index in [0.717, 1.165) is 0 Å². The summed E-state index contributed by atoms with van der Waals surface area (Å²) in [6.45, 7) is 0. The molecule has 0 fully saturated rings. The van der Waals surface area contributed by atoms with Crippen molar-refractivity contribution in [1.82, 2.24) is 0 Å². The SMILES string of the molecule is C.P.P.S.S. The summed E-state index contributed by atoms with van der Waals surface area (Å²) >= 11 is 0. The van der Waals surface area contributed by atoms with Crippen LogP contribution in [-0.4, -0.2) is 0 Å². The lowest BCUT2D eigenvalue weighted by molar-refractivity contribution is 2.50. The van der Waals surface area contributed by atoms with Gasteiger partial charge in [0.25, 0.3) is 0 Å². The largest absolute Gasteiger partial charge is 0.197 e. The molecule has 0 heterocycles. The molecular formula is CH14P2S2. The van der Waals surface area contributed by atoms with Gasteiger partial charge < -0.3 is 0 Å². The summed E-state index contributed by atoms with van der Waals surface area (Å²) in [5.41, 5.74) is 0. The van der Waals surface area contributed by atoms with Gasteiger partial charge in [0.1, 0.15) is 0 Å². The topological polar surface area (TPSA) is 0 Å². The quantitative estimate of drug-likeness (QED) is 0.454. The lowest BCUT2D eigenvalue weighted by atomic mass is 12.0. The van der Waals surface area contributed by atoms with E-state index >= 15 is 0 Å². The fourth-order valence-corrected chi connectivity index (χ4v) is 0. The molecular weight excluding hydrogens is 138 g/mol. The normalized spacial score (nSPS) is 0. The highest BCUT2D eigenvalue weighted by Crippen LogP contribution is 0.862. The molecule has 0 radical (unpaired) electrons. The molecule has 0 bridgehead atoms. The van der Waals surface area contributed by atoms with Crippen LogP contribution in [0.25, 0.3) is 0 Å². The first-order valence-corrected chi connectivity index (χ1v) is 0. The first-order valence-electron chi connectivity index (χ1n) is 0. The Balaban J connectivity index is 0. The van der Waals surface area contributed by atoms with Crippen LogP contribution in [0.15, 0.2) is 0 Å². The van der Waals surface area contributed by atoms with E-state index in [1.54, 1.807) is 0 Å². The predicted molar refractivity (Wildman–Crippen MR) is 49.7 cm³/mol. The molecule has 0 aliphatic carbocycles. The minimum atomic E-state index is 0. The zero-order valence-electron chi connectivity index (χ0n) is 2.41. The molecule has 0 nitrogen and oxygen atoms in total. The van der Waals surface area contributed by atoms with Crippen LogP contribution in [0.3, 0.4) is 0 Å². The zero-order chi connectivity index (χ0) is 0. The second kappa shape index (κ2) is 47.5. The van der Waals surface area contributed by atoms with Crippen molar-refractivity contribution in [2.75, 3.05) is 0 Å². The Kier molecular flexibility index (Phi) is 792. The molecule has 0 rings (SSSR count). The van der Waals surface area contributed by atoms with E-state index < -0.39 is 0 Å². The molecule has 5 heavy (non-hydrogen) atoms. The van der Waals surface area contributed by atoms with Crippen LogP contribution in [-0.2, 0) is 0 Å². The highest BCUT2D eigenvalue weighted by atomic mass is 32.1. The van der Waals surface area contributed by atoms with Crippen LogP contribution in [0, 0.1) is 0 Å². The van der Waals surface area contributed by atoms with Gasteiger partial charge in [0.15, 0.2) is 0 Å². The van der Waals surface area contributed by atoms with Crippen LogP contribution in [0.4, 0.5) is 0 Å². The second-order valence-corrected chi connectivity index (χ2v) is 0. The van der Waals surface area contributed by atoms with Gasteiger partial charge in [-0.1, -0.05) is 7.43 Å². The monoisotopic (exact) mass is 152 g/mol. The second-order valence-electron chi connectivity index (χ2n) is 0. The Hall–Kier alpha value is 1.56. The van der Waals surface area contributed by atoms with Crippen LogP contribution in [0.2, 0.25) is 0 Å². The summed E-state index contributed by atoms with van der Waals surface area (Å²) in [6, 6.07) is 0. The van der Waals surface area contributed by atoms with Crippen LogP contribution in [0.1, 0.15) is 7.43 Å². The molecule has 0 aromatic heterocycles. The Morgan fingerprint density at radius 1 is 0.600 bits per heavy atom. The Bertz CT molecular complexity index is 7.61. The van der Waals surface area contributed by atoms with Crippen molar-refractivity contribution >= 4 is 46.8 Å². The minimum Gasteiger partial charge on any atom is -0.197 e. The van der Waals surface area contributed by atoms with E-state index in [1.165, 1.54) is 0 Å². The van der Waals surface area contributed by atoms with Crippen LogP contribution >= 0.6 is 46.8 Å². The van der Waals surface area contributed by atoms with Crippen molar-refractivity contribution in [2.45, 2.75) is 7.43 Å². The third-order valence-electron chi connectivity index (χ3n) is 0. The molecule has 0 amide bonds. The third-order valence-corrected chi connectivity index (χ3v) is 0. The highest BCUT2D eigenvalue weighted by Gasteiger charge is -0.0775. The summed E-state index contributed by atoms with van der Waals surface area (Å²) in [4.78, 5) is 0. The minimum absolute atomic E-state index is 0. The van der Waals surface area contributed by atoms with Gasteiger partial charge in [0, 0.05) is 0 Å². The molecule has 0 N–H and O–H groups in total. The smallest absolute Gasteiger partial charge is 0.0776 e. The molecule has 0 spiro atoms. The van der Waals surface area contributed by atoms with E-state index in [9.17, 15) is 0 Å². The molecule has 0 saturated carbocycles. The van der Waals surface area contributed by atoms with Crippen molar-refractivity contribution in [3.63, 3.8) is 0 Å². The maximum atomic E-state index is 0. The Morgan fingerprint density at radius 3 is 0.600 bits per heavy atom. The van der Waals surface area contributed by atoms with Gasteiger partial charge >= 0.3 is 0 Å². The van der Waals surface area contributed by atoms with Gasteiger partial charge in [-0.2, -0.15) is 46.8 Å². The van der Waals surface area contributed by atoms with Crippen molar-refractivity contribution in [2.24, 2.45) is 0 Å². The van der Waals surface area contributed by atoms with Crippen molar-refractivity contribution in [3.05, 3.63) is 0 Å². The van der Waals surface area contributed by atoms with E-state index in [2.05, 4.69) is 0 Å². The zero-order valence-corrected chi connectivity index (χ0v) is 7.24. The molecule has 0 aliphatic rings. The predicted octanol–water partition coefficient (Wildman–Crippen LogP) is 0.978. The number of hydrogen-bond acceptors (Lipinski definition) is 0. The molecule has 2 unspecified atom stereocenters. The van der Waals surface area contributed by atoms with Crippen LogP contribution in [0.5, 0.6) is 0 Å². The van der Waals surface area contributed by atoms with Gasteiger partial charge in [-0.3, -0.25) is 0 Å². The molecule has 0 aliphatic heterocycles.